The third-order valence-electron chi connectivity index (χ3n) is 3.40. The highest BCUT2D eigenvalue weighted by Crippen LogP contribution is 2.21. The Balaban J connectivity index is 1.91. The molecule has 0 unspecified atom stereocenters. The standard InChI is InChI=1S/C17H17N3/c1-20(14-7-3-2-4-8-14)12-13-11-16(18)15-9-5-6-10-17(15)19-13/h2-11H,12H2,1H3,(H2,18,19). The number of hydrogen-bond acceptors (Lipinski definition) is 3. The van der Waals surface area contributed by atoms with E-state index in [-0.39, 0.29) is 0 Å². The Morgan fingerprint density at radius 3 is 2.50 bits per heavy atom. The molecular weight excluding hydrogens is 246 g/mol. The van der Waals surface area contributed by atoms with E-state index in [4.69, 9.17) is 5.73 Å². The molecule has 0 radical (unpaired) electrons. The van der Waals surface area contributed by atoms with Crippen LogP contribution in [0.5, 0.6) is 0 Å². The number of nitrogen functional groups attached to an aromatic ring is 1. The lowest BCUT2D eigenvalue weighted by Gasteiger charge is -2.19. The zero-order chi connectivity index (χ0) is 13.9. The van der Waals surface area contributed by atoms with E-state index >= 15 is 0 Å². The van der Waals surface area contributed by atoms with Gasteiger partial charge in [0.2, 0.25) is 0 Å². The molecule has 2 aromatic carbocycles. The number of aromatic nitrogens is 1. The van der Waals surface area contributed by atoms with Crippen LogP contribution in [-0.2, 0) is 6.54 Å². The third-order valence-corrected chi connectivity index (χ3v) is 3.40. The smallest absolute Gasteiger partial charge is 0.0726 e. The van der Waals surface area contributed by atoms with Gasteiger partial charge in [0.25, 0.3) is 0 Å². The largest absolute Gasteiger partial charge is 0.398 e. The van der Waals surface area contributed by atoms with Crippen molar-refractivity contribution in [2.75, 3.05) is 17.7 Å². The van der Waals surface area contributed by atoms with Crippen LogP contribution in [-0.4, -0.2) is 12.0 Å². The maximum atomic E-state index is 6.11. The van der Waals surface area contributed by atoms with Crippen LogP contribution in [0.3, 0.4) is 0 Å². The van der Waals surface area contributed by atoms with Crippen LogP contribution in [0.15, 0.2) is 60.7 Å². The van der Waals surface area contributed by atoms with Crippen molar-refractivity contribution in [3.05, 3.63) is 66.4 Å². The molecular formula is C17H17N3. The van der Waals surface area contributed by atoms with Crippen molar-refractivity contribution in [2.45, 2.75) is 6.54 Å². The van der Waals surface area contributed by atoms with Crippen molar-refractivity contribution in [2.24, 2.45) is 0 Å². The van der Waals surface area contributed by atoms with Crippen LogP contribution in [0.1, 0.15) is 5.69 Å². The fourth-order valence-electron chi connectivity index (χ4n) is 2.36. The summed E-state index contributed by atoms with van der Waals surface area (Å²) in [7, 11) is 2.06. The van der Waals surface area contributed by atoms with Gasteiger partial charge in [-0.3, -0.25) is 4.98 Å². The molecule has 3 nitrogen and oxygen atoms in total. The van der Waals surface area contributed by atoms with Crippen LogP contribution in [0, 0.1) is 0 Å². The predicted octanol–water partition coefficient (Wildman–Crippen LogP) is 3.45. The molecule has 3 aromatic rings. The van der Waals surface area contributed by atoms with E-state index in [9.17, 15) is 0 Å². The summed E-state index contributed by atoms with van der Waals surface area (Å²) < 4.78 is 0. The average molecular weight is 263 g/mol. The van der Waals surface area contributed by atoms with Crippen LogP contribution in [0.2, 0.25) is 0 Å². The first-order valence-electron chi connectivity index (χ1n) is 6.64. The maximum Gasteiger partial charge on any atom is 0.0726 e. The van der Waals surface area contributed by atoms with Gasteiger partial charge in [-0.1, -0.05) is 36.4 Å². The molecule has 1 aromatic heterocycles. The summed E-state index contributed by atoms with van der Waals surface area (Å²) in [6.45, 7) is 0.735. The molecule has 20 heavy (non-hydrogen) atoms. The summed E-state index contributed by atoms with van der Waals surface area (Å²) in [5.41, 5.74) is 9.99. The summed E-state index contributed by atoms with van der Waals surface area (Å²) in [6, 6.07) is 20.2. The molecule has 0 aliphatic carbocycles. The van der Waals surface area contributed by atoms with Gasteiger partial charge in [0.1, 0.15) is 0 Å². The van der Waals surface area contributed by atoms with Gasteiger partial charge in [-0.05, 0) is 24.3 Å². The molecule has 0 aliphatic rings. The highest BCUT2D eigenvalue weighted by Gasteiger charge is 2.06. The number of rotatable bonds is 3. The summed E-state index contributed by atoms with van der Waals surface area (Å²) in [6.07, 6.45) is 0. The summed E-state index contributed by atoms with van der Waals surface area (Å²) in [5, 5.41) is 1.01. The quantitative estimate of drug-likeness (QED) is 0.787. The van der Waals surface area contributed by atoms with Gasteiger partial charge < -0.3 is 10.6 Å². The van der Waals surface area contributed by atoms with Gasteiger partial charge in [0.15, 0.2) is 0 Å². The van der Waals surface area contributed by atoms with Crippen molar-refractivity contribution in [1.29, 1.82) is 0 Å². The molecule has 0 fully saturated rings. The molecule has 100 valence electrons. The Kier molecular flexibility index (Phi) is 3.25. The summed E-state index contributed by atoms with van der Waals surface area (Å²) >= 11 is 0. The van der Waals surface area contributed by atoms with E-state index in [1.165, 1.54) is 5.69 Å². The predicted molar refractivity (Wildman–Crippen MR) is 84.7 cm³/mol. The first-order chi connectivity index (χ1) is 9.74. The van der Waals surface area contributed by atoms with Crippen LogP contribution in [0.25, 0.3) is 10.9 Å². The van der Waals surface area contributed by atoms with E-state index in [1.807, 2.05) is 48.5 Å². The lowest BCUT2D eigenvalue weighted by atomic mass is 10.1. The zero-order valence-electron chi connectivity index (χ0n) is 11.5. The second-order valence-electron chi connectivity index (χ2n) is 4.91. The third kappa shape index (κ3) is 2.43. The molecule has 0 atom stereocenters. The Bertz CT molecular complexity index is 723. The lowest BCUT2D eigenvalue weighted by molar-refractivity contribution is 0.893. The fraction of sp³-hybridized carbons (Fsp3) is 0.118. The number of hydrogen-bond donors (Lipinski definition) is 1. The Hall–Kier alpha value is -2.55. The molecule has 0 amide bonds. The molecule has 3 heteroatoms. The summed E-state index contributed by atoms with van der Waals surface area (Å²) in [5.74, 6) is 0. The second kappa shape index (κ2) is 5.21. The van der Waals surface area contributed by atoms with Gasteiger partial charge in [0, 0.05) is 23.8 Å². The second-order valence-corrected chi connectivity index (χ2v) is 4.91. The number of pyridine rings is 1. The normalized spacial score (nSPS) is 10.7. The number of para-hydroxylation sites is 2. The van der Waals surface area contributed by atoms with Crippen molar-refractivity contribution in [3.63, 3.8) is 0 Å². The number of fused-ring (bicyclic) bond motifs is 1. The van der Waals surface area contributed by atoms with Gasteiger partial charge in [-0.2, -0.15) is 0 Å². The van der Waals surface area contributed by atoms with Crippen molar-refractivity contribution < 1.29 is 0 Å². The molecule has 0 saturated carbocycles. The minimum Gasteiger partial charge on any atom is -0.398 e. The van der Waals surface area contributed by atoms with Gasteiger partial charge in [-0.15, -0.1) is 0 Å². The monoisotopic (exact) mass is 263 g/mol. The minimum absolute atomic E-state index is 0.735. The molecule has 0 aliphatic heterocycles. The van der Waals surface area contributed by atoms with E-state index in [0.717, 1.165) is 28.8 Å². The van der Waals surface area contributed by atoms with Crippen LogP contribution < -0.4 is 10.6 Å². The highest BCUT2D eigenvalue weighted by molar-refractivity contribution is 5.90. The molecule has 2 N–H and O–H groups in total. The fourth-order valence-corrected chi connectivity index (χ4v) is 2.36. The molecule has 0 saturated heterocycles. The van der Waals surface area contributed by atoms with Crippen LogP contribution >= 0.6 is 0 Å². The van der Waals surface area contributed by atoms with Gasteiger partial charge in [0.05, 0.1) is 17.8 Å². The van der Waals surface area contributed by atoms with Gasteiger partial charge >= 0.3 is 0 Å². The van der Waals surface area contributed by atoms with Crippen molar-refractivity contribution in [1.82, 2.24) is 4.98 Å². The number of nitrogens with two attached hydrogens (primary N) is 1. The van der Waals surface area contributed by atoms with Gasteiger partial charge in [-0.25, -0.2) is 0 Å². The first-order valence-corrected chi connectivity index (χ1v) is 6.64. The zero-order valence-corrected chi connectivity index (χ0v) is 11.5. The molecule has 0 spiro atoms. The van der Waals surface area contributed by atoms with E-state index < -0.39 is 0 Å². The van der Waals surface area contributed by atoms with Crippen molar-refractivity contribution >= 4 is 22.3 Å². The highest BCUT2D eigenvalue weighted by atomic mass is 15.1. The average Bonchev–Trinajstić information content (AvgIpc) is 2.48. The Morgan fingerprint density at radius 1 is 1.00 bits per heavy atom. The van der Waals surface area contributed by atoms with E-state index in [1.54, 1.807) is 0 Å². The molecule has 0 bridgehead atoms. The first kappa shape index (κ1) is 12.5. The van der Waals surface area contributed by atoms with Crippen LogP contribution in [0.4, 0.5) is 11.4 Å². The minimum atomic E-state index is 0.735. The number of benzene rings is 2. The molecule has 3 rings (SSSR count). The Labute approximate surface area is 118 Å². The lowest BCUT2D eigenvalue weighted by Crippen LogP contribution is -2.17. The maximum absolute atomic E-state index is 6.11. The van der Waals surface area contributed by atoms with Crippen molar-refractivity contribution in [3.8, 4) is 0 Å². The van der Waals surface area contributed by atoms with E-state index in [0.29, 0.717) is 0 Å². The topological polar surface area (TPSA) is 42.1 Å². The van der Waals surface area contributed by atoms with E-state index in [2.05, 4.69) is 29.1 Å². The number of anilines is 2. The Morgan fingerprint density at radius 2 is 1.70 bits per heavy atom. The number of nitrogens with zero attached hydrogens (tertiary/aromatic N) is 2. The summed E-state index contributed by atoms with van der Waals surface area (Å²) in [4.78, 5) is 6.84. The molecule has 1 heterocycles. The SMILES string of the molecule is CN(Cc1cc(N)c2ccccc2n1)c1ccccc1.